The van der Waals surface area contributed by atoms with Crippen molar-refractivity contribution < 1.29 is 9.53 Å². The maximum Gasteiger partial charge on any atom is 0.278 e. The average Bonchev–Trinajstić information content (AvgIpc) is 2.84. The number of nitrogens with zero attached hydrogens (tertiary/aromatic N) is 2. The van der Waals surface area contributed by atoms with Gasteiger partial charge < -0.3 is 4.74 Å². The van der Waals surface area contributed by atoms with Gasteiger partial charge in [-0.1, -0.05) is 36.4 Å². The SMILES string of the molecule is Cc1nn(C(=O)c2ccccc2)c(C)c1Oc1ccccc1. The normalized spacial score (nSPS) is 10.5. The van der Waals surface area contributed by atoms with Crippen molar-refractivity contribution in [2.75, 3.05) is 0 Å². The summed E-state index contributed by atoms with van der Waals surface area (Å²) >= 11 is 0. The number of ether oxygens (including phenoxy) is 1. The fraction of sp³-hybridized carbons (Fsp3) is 0.111. The molecule has 0 saturated heterocycles. The van der Waals surface area contributed by atoms with E-state index in [0.29, 0.717) is 22.7 Å². The highest BCUT2D eigenvalue weighted by Gasteiger charge is 2.19. The second-order valence-electron chi connectivity index (χ2n) is 5.00. The summed E-state index contributed by atoms with van der Waals surface area (Å²) in [6.07, 6.45) is 0. The van der Waals surface area contributed by atoms with Crippen LogP contribution in [-0.4, -0.2) is 15.7 Å². The molecule has 0 spiro atoms. The zero-order valence-electron chi connectivity index (χ0n) is 12.5. The molecule has 0 amide bonds. The summed E-state index contributed by atoms with van der Waals surface area (Å²) in [5, 5.41) is 4.32. The molecule has 0 radical (unpaired) electrons. The van der Waals surface area contributed by atoms with E-state index in [0.717, 1.165) is 5.75 Å². The molecule has 22 heavy (non-hydrogen) atoms. The molecule has 0 aliphatic rings. The number of aromatic nitrogens is 2. The van der Waals surface area contributed by atoms with E-state index in [4.69, 9.17) is 4.74 Å². The molecule has 1 heterocycles. The Bertz CT molecular complexity index is 793. The van der Waals surface area contributed by atoms with Crippen LogP contribution in [-0.2, 0) is 0 Å². The van der Waals surface area contributed by atoms with E-state index < -0.39 is 0 Å². The molecule has 3 rings (SSSR count). The van der Waals surface area contributed by atoms with E-state index in [1.54, 1.807) is 12.1 Å². The molecular weight excluding hydrogens is 276 g/mol. The molecule has 0 aliphatic heterocycles. The van der Waals surface area contributed by atoms with Crippen LogP contribution in [0.4, 0.5) is 0 Å². The number of rotatable bonds is 3. The molecule has 110 valence electrons. The zero-order chi connectivity index (χ0) is 15.5. The molecule has 0 fully saturated rings. The first-order valence-electron chi connectivity index (χ1n) is 7.05. The maximum atomic E-state index is 12.5. The van der Waals surface area contributed by atoms with Crippen LogP contribution in [0.25, 0.3) is 0 Å². The standard InChI is InChI=1S/C18H16N2O2/c1-13-17(22-16-11-7-4-8-12-16)14(2)20(19-13)18(21)15-9-5-3-6-10-15/h3-12H,1-2H3. The molecule has 0 saturated carbocycles. The molecule has 4 nitrogen and oxygen atoms in total. The smallest absolute Gasteiger partial charge is 0.278 e. The van der Waals surface area contributed by atoms with Gasteiger partial charge in [-0.15, -0.1) is 0 Å². The van der Waals surface area contributed by atoms with Gasteiger partial charge >= 0.3 is 0 Å². The minimum atomic E-state index is -0.163. The quantitative estimate of drug-likeness (QED) is 0.733. The molecule has 0 N–H and O–H groups in total. The van der Waals surface area contributed by atoms with Crippen molar-refractivity contribution in [2.45, 2.75) is 13.8 Å². The number of hydrogen-bond acceptors (Lipinski definition) is 3. The van der Waals surface area contributed by atoms with Gasteiger partial charge in [0.1, 0.15) is 11.4 Å². The van der Waals surface area contributed by atoms with Crippen molar-refractivity contribution in [3.8, 4) is 11.5 Å². The summed E-state index contributed by atoms with van der Waals surface area (Å²) in [5.74, 6) is 1.18. The van der Waals surface area contributed by atoms with Gasteiger partial charge in [0.2, 0.25) is 0 Å². The van der Waals surface area contributed by atoms with Gasteiger partial charge in [-0.05, 0) is 38.1 Å². The molecule has 0 atom stereocenters. The summed E-state index contributed by atoms with van der Waals surface area (Å²) < 4.78 is 7.26. The van der Waals surface area contributed by atoms with Crippen LogP contribution in [0.2, 0.25) is 0 Å². The summed E-state index contributed by atoms with van der Waals surface area (Å²) in [6, 6.07) is 18.6. The van der Waals surface area contributed by atoms with Crippen LogP contribution >= 0.6 is 0 Å². The van der Waals surface area contributed by atoms with Crippen LogP contribution in [0.1, 0.15) is 21.7 Å². The first kappa shape index (κ1) is 14.1. The molecule has 0 bridgehead atoms. The Balaban J connectivity index is 1.95. The number of benzene rings is 2. The van der Waals surface area contributed by atoms with Crippen LogP contribution < -0.4 is 4.74 Å². The Morgan fingerprint density at radius 3 is 2.18 bits per heavy atom. The van der Waals surface area contributed by atoms with Crippen molar-refractivity contribution in [1.29, 1.82) is 0 Å². The van der Waals surface area contributed by atoms with Gasteiger partial charge in [0.15, 0.2) is 5.75 Å². The fourth-order valence-electron chi connectivity index (χ4n) is 2.28. The van der Waals surface area contributed by atoms with Gasteiger partial charge in [-0.3, -0.25) is 4.79 Å². The van der Waals surface area contributed by atoms with Crippen LogP contribution in [0.5, 0.6) is 11.5 Å². The predicted octanol–water partition coefficient (Wildman–Crippen LogP) is 3.98. The lowest BCUT2D eigenvalue weighted by atomic mass is 10.2. The van der Waals surface area contributed by atoms with Gasteiger partial charge in [0.05, 0.1) is 5.69 Å². The second-order valence-corrected chi connectivity index (χ2v) is 5.00. The summed E-state index contributed by atoms with van der Waals surface area (Å²) in [7, 11) is 0. The Hall–Kier alpha value is -2.88. The first-order chi connectivity index (χ1) is 10.7. The molecule has 2 aromatic carbocycles. The number of carbonyl (C=O) groups is 1. The van der Waals surface area contributed by atoms with Gasteiger partial charge in [0, 0.05) is 5.56 Å². The third kappa shape index (κ3) is 2.63. The maximum absolute atomic E-state index is 12.5. The van der Waals surface area contributed by atoms with Crippen molar-refractivity contribution in [3.05, 3.63) is 77.6 Å². The fourth-order valence-corrected chi connectivity index (χ4v) is 2.28. The van der Waals surface area contributed by atoms with E-state index in [-0.39, 0.29) is 5.91 Å². The Kier molecular flexibility index (Phi) is 3.74. The molecule has 1 aromatic heterocycles. The van der Waals surface area contributed by atoms with E-state index >= 15 is 0 Å². The summed E-state index contributed by atoms with van der Waals surface area (Å²) in [5.41, 5.74) is 1.97. The predicted molar refractivity (Wildman–Crippen MR) is 84.4 cm³/mol. The summed E-state index contributed by atoms with van der Waals surface area (Å²) in [6.45, 7) is 3.67. The topological polar surface area (TPSA) is 44.1 Å². The zero-order valence-corrected chi connectivity index (χ0v) is 12.5. The highest BCUT2D eigenvalue weighted by atomic mass is 16.5. The van der Waals surface area contributed by atoms with E-state index in [2.05, 4.69) is 5.10 Å². The number of para-hydroxylation sites is 1. The van der Waals surface area contributed by atoms with Crippen LogP contribution in [0, 0.1) is 13.8 Å². The highest BCUT2D eigenvalue weighted by Crippen LogP contribution is 2.28. The Labute approximate surface area is 129 Å². The monoisotopic (exact) mass is 292 g/mol. The van der Waals surface area contributed by atoms with E-state index in [1.807, 2.05) is 62.4 Å². The third-order valence-electron chi connectivity index (χ3n) is 3.40. The van der Waals surface area contributed by atoms with E-state index in [1.165, 1.54) is 4.68 Å². The lowest BCUT2D eigenvalue weighted by molar-refractivity contribution is 0.0942. The summed E-state index contributed by atoms with van der Waals surface area (Å²) in [4.78, 5) is 12.5. The Morgan fingerprint density at radius 2 is 1.55 bits per heavy atom. The van der Waals surface area contributed by atoms with Crippen molar-refractivity contribution in [1.82, 2.24) is 9.78 Å². The molecule has 4 heteroatoms. The van der Waals surface area contributed by atoms with Crippen LogP contribution in [0.15, 0.2) is 60.7 Å². The Morgan fingerprint density at radius 1 is 0.955 bits per heavy atom. The number of aryl methyl sites for hydroxylation is 1. The molecule has 0 aliphatic carbocycles. The van der Waals surface area contributed by atoms with Gasteiger partial charge in [-0.25, -0.2) is 0 Å². The number of hydrogen-bond donors (Lipinski definition) is 0. The lowest BCUT2D eigenvalue weighted by Gasteiger charge is -2.06. The number of carbonyl (C=O) groups excluding carboxylic acids is 1. The minimum absolute atomic E-state index is 0.163. The average molecular weight is 292 g/mol. The third-order valence-corrected chi connectivity index (χ3v) is 3.40. The molecule has 3 aromatic rings. The van der Waals surface area contributed by atoms with Crippen molar-refractivity contribution in [3.63, 3.8) is 0 Å². The van der Waals surface area contributed by atoms with Crippen molar-refractivity contribution in [2.24, 2.45) is 0 Å². The van der Waals surface area contributed by atoms with Crippen molar-refractivity contribution >= 4 is 5.91 Å². The first-order valence-corrected chi connectivity index (χ1v) is 7.05. The lowest BCUT2D eigenvalue weighted by Crippen LogP contribution is -2.15. The van der Waals surface area contributed by atoms with Gasteiger partial charge in [-0.2, -0.15) is 9.78 Å². The van der Waals surface area contributed by atoms with Gasteiger partial charge in [0.25, 0.3) is 5.91 Å². The highest BCUT2D eigenvalue weighted by molar-refractivity contribution is 5.96. The van der Waals surface area contributed by atoms with Crippen LogP contribution in [0.3, 0.4) is 0 Å². The minimum Gasteiger partial charge on any atom is -0.453 e. The largest absolute Gasteiger partial charge is 0.453 e. The molecular formula is C18H16N2O2. The van der Waals surface area contributed by atoms with E-state index in [9.17, 15) is 4.79 Å². The molecule has 0 unspecified atom stereocenters. The second kappa shape index (κ2) is 5.85.